The lowest BCUT2D eigenvalue weighted by molar-refractivity contribution is -0.145. The zero-order chi connectivity index (χ0) is 29.7. The van der Waals surface area contributed by atoms with Gasteiger partial charge in [-0.2, -0.15) is 0 Å². The van der Waals surface area contributed by atoms with E-state index in [9.17, 15) is 29.4 Å². The molecular formula is C26H42N8O6. The second-order valence-electron chi connectivity index (χ2n) is 9.86. The van der Waals surface area contributed by atoms with Crippen LogP contribution in [0.2, 0.25) is 0 Å². The molecule has 14 nitrogen and oxygen atoms in total. The number of hydrogen-bond acceptors (Lipinski definition) is 8. The number of aliphatic carboxylic acids is 1. The lowest BCUT2D eigenvalue weighted by atomic mass is 10.0. The van der Waals surface area contributed by atoms with Gasteiger partial charge < -0.3 is 48.7 Å². The Morgan fingerprint density at radius 1 is 1.02 bits per heavy atom. The van der Waals surface area contributed by atoms with Gasteiger partial charge >= 0.3 is 5.97 Å². The van der Waals surface area contributed by atoms with Gasteiger partial charge in [0.15, 0.2) is 5.96 Å². The van der Waals surface area contributed by atoms with Crippen LogP contribution < -0.4 is 33.6 Å². The third kappa shape index (κ3) is 10.3. The standard InChI is InChI=1S/C26H42N8O6/c27-12-2-1-6-19(25(39)40)32-23(37)21-7-4-14-34(21)24(38)20(15-16-8-10-17(35)11-9-16)33-22(36)18(28)5-3-13-31-26(29)30/h8-11,18-21,35H,1-7,12-15,27-28H2,(H,32,37)(H,33,36)(H,39,40)(H4,29,30,31). The van der Waals surface area contributed by atoms with Crippen molar-refractivity contribution in [2.45, 2.75) is 75.5 Å². The first-order valence-electron chi connectivity index (χ1n) is 13.5. The molecule has 0 aliphatic carbocycles. The van der Waals surface area contributed by atoms with Crippen LogP contribution >= 0.6 is 0 Å². The fourth-order valence-corrected chi connectivity index (χ4v) is 4.52. The van der Waals surface area contributed by atoms with Crippen molar-refractivity contribution in [1.82, 2.24) is 15.5 Å². The van der Waals surface area contributed by atoms with Gasteiger partial charge in [0.1, 0.15) is 23.9 Å². The zero-order valence-corrected chi connectivity index (χ0v) is 22.6. The number of phenolic OH excluding ortho intramolecular Hbond substituents is 1. The molecule has 14 heteroatoms. The van der Waals surface area contributed by atoms with E-state index >= 15 is 0 Å². The van der Waals surface area contributed by atoms with Crippen molar-refractivity contribution in [3.05, 3.63) is 29.8 Å². The summed E-state index contributed by atoms with van der Waals surface area (Å²) >= 11 is 0. The molecule has 40 heavy (non-hydrogen) atoms. The molecular weight excluding hydrogens is 520 g/mol. The number of carbonyl (C=O) groups is 4. The molecule has 4 unspecified atom stereocenters. The van der Waals surface area contributed by atoms with E-state index in [0.717, 1.165) is 0 Å². The van der Waals surface area contributed by atoms with Crippen LogP contribution in [0.4, 0.5) is 0 Å². The Labute approximate surface area is 233 Å². The average molecular weight is 563 g/mol. The quantitative estimate of drug-likeness (QED) is 0.0656. The molecule has 3 amide bonds. The molecule has 0 spiro atoms. The number of rotatable bonds is 16. The molecule has 0 saturated carbocycles. The summed E-state index contributed by atoms with van der Waals surface area (Å²) in [6.45, 7) is 0.987. The molecule has 1 aromatic rings. The van der Waals surface area contributed by atoms with Gasteiger partial charge in [-0.25, -0.2) is 4.79 Å². The van der Waals surface area contributed by atoms with E-state index in [4.69, 9.17) is 22.9 Å². The van der Waals surface area contributed by atoms with Gasteiger partial charge in [0, 0.05) is 19.5 Å². The summed E-state index contributed by atoms with van der Waals surface area (Å²) < 4.78 is 0. The van der Waals surface area contributed by atoms with Crippen LogP contribution in [0.5, 0.6) is 5.75 Å². The Balaban J connectivity index is 2.16. The number of likely N-dealkylation sites (tertiary alicyclic amines) is 1. The van der Waals surface area contributed by atoms with Crippen LogP contribution in [0.25, 0.3) is 0 Å². The van der Waals surface area contributed by atoms with Gasteiger partial charge in [0.05, 0.1) is 6.04 Å². The number of carbonyl (C=O) groups excluding carboxylic acids is 3. The number of aliphatic imine (C=N–C) groups is 1. The van der Waals surface area contributed by atoms with Crippen LogP contribution in [-0.4, -0.2) is 88.6 Å². The maximum atomic E-state index is 13.7. The minimum atomic E-state index is -1.16. The van der Waals surface area contributed by atoms with E-state index in [1.165, 1.54) is 17.0 Å². The molecule has 0 bridgehead atoms. The molecule has 0 radical (unpaired) electrons. The third-order valence-corrected chi connectivity index (χ3v) is 6.70. The van der Waals surface area contributed by atoms with Crippen molar-refractivity contribution in [2.24, 2.45) is 27.9 Å². The number of aromatic hydroxyl groups is 1. The highest BCUT2D eigenvalue weighted by Crippen LogP contribution is 2.21. The monoisotopic (exact) mass is 562 g/mol. The summed E-state index contributed by atoms with van der Waals surface area (Å²) in [7, 11) is 0. The Hall–Kier alpha value is -3.91. The van der Waals surface area contributed by atoms with Gasteiger partial charge in [0.2, 0.25) is 17.7 Å². The maximum Gasteiger partial charge on any atom is 0.326 e. The number of nitrogens with zero attached hydrogens (tertiary/aromatic N) is 2. The van der Waals surface area contributed by atoms with Gasteiger partial charge in [-0.3, -0.25) is 19.4 Å². The fraction of sp³-hybridized carbons (Fsp3) is 0.577. The lowest BCUT2D eigenvalue weighted by Gasteiger charge is -2.30. The van der Waals surface area contributed by atoms with Crippen molar-refractivity contribution in [3.8, 4) is 5.75 Å². The number of hydrogen-bond donors (Lipinski definition) is 8. The van der Waals surface area contributed by atoms with Crippen LogP contribution in [-0.2, 0) is 25.6 Å². The summed E-state index contributed by atoms with van der Waals surface area (Å²) in [5.41, 5.74) is 22.8. The van der Waals surface area contributed by atoms with Gasteiger partial charge in [-0.1, -0.05) is 12.1 Å². The van der Waals surface area contributed by atoms with Crippen LogP contribution in [0.3, 0.4) is 0 Å². The first kappa shape index (κ1) is 32.3. The Morgan fingerprint density at radius 2 is 1.73 bits per heavy atom. The number of phenols is 1. The number of carboxylic acid groups (broad SMARTS) is 1. The van der Waals surface area contributed by atoms with E-state index in [1.807, 2.05) is 0 Å². The van der Waals surface area contributed by atoms with Crippen LogP contribution in [0, 0.1) is 0 Å². The van der Waals surface area contributed by atoms with Crippen molar-refractivity contribution in [1.29, 1.82) is 0 Å². The van der Waals surface area contributed by atoms with Crippen LogP contribution in [0.1, 0.15) is 50.5 Å². The normalized spacial score (nSPS) is 16.9. The van der Waals surface area contributed by atoms with Crippen molar-refractivity contribution in [3.63, 3.8) is 0 Å². The van der Waals surface area contributed by atoms with Gasteiger partial charge in [-0.15, -0.1) is 0 Å². The maximum absolute atomic E-state index is 13.7. The second-order valence-corrected chi connectivity index (χ2v) is 9.86. The van der Waals surface area contributed by atoms with Crippen molar-refractivity contribution >= 4 is 29.7 Å². The minimum Gasteiger partial charge on any atom is -0.508 e. The Morgan fingerprint density at radius 3 is 2.35 bits per heavy atom. The lowest BCUT2D eigenvalue weighted by Crippen LogP contribution is -2.57. The predicted octanol–water partition coefficient (Wildman–Crippen LogP) is -1.51. The minimum absolute atomic E-state index is 0.0502. The molecule has 2 rings (SSSR count). The zero-order valence-electron chi connectivity index (χ0n) is 22.6. The second kappa shape index (κ2) is 16.3. The number of guanidine groups is 1. The summed E-state index contributed by atoms with van der Waals surface area (Å²) in [4.78, 5) is 56.7. The van der Waals surface area contributed by atoms with E-state index in [2.05, 4.69) is 15.6 Å². The molecule has 12 N–H and O–H groups in total. The molecule has 1 aliphatic heterocycles. The van der Waals surface area contributed by atoms with E-state index < -0.39 is 47.9 Å². The largest absolute Gasteiger partial charge is 0.508 e. The molecule has 1 aliphatic rings. The van der Waals surface area contributed by atoms with Gasteiger partial charge in [-0.05, 0) is 69.2 Å². The highest BCUT2D eigenvalue weighted by molar-refractivity contribution is 5.94. The number of nitrogens with one attached hydrogen (secondary N) is 2. The molecule has 1 fully saturated rings. The summed E-state index contributed by atoms with van der Waals surface area (Å²) in [6.07, 6.45) is 3.10. The highest BCUT2D eigenvalue weighted by Gasteiger charge is 2.39. The molecule has 1 heterocycles. The third-order valence-electron chi connectivity index (χ3n) is 6.70. The number of benzene rings is 1. The first-order chi connectivity index (χ1) is 19.0. The SMILES string of the molecule is NCCCCC(NC(=O)C1CCCN1C(=O)C(Cc1ccc(O)cc1)NC(=O)C(N)CCCN=C(N)N)C(=O)O. The topological polar surface area (TPSA) is 252 Å². The van der Waals surface area contributed by atoms with Gasteiger partial charge in [0.25, 0.3) is 0 Å². The molecule has 0 aromatic heterocycles. The number of unbranched alkanes of at least 4 members (excludes halogenated alkanes) is 1. The smallest absolute Gasteiger partial charge is 0.326 e. The van der Waals surface area contributed by atoms with E-state index in [-0.39, 0.29) is 37.5 Å². The van der Waals surface area contributed by atoms with E-state index in [0.29, 0.717) is 50.8 Å². The first-order valence-corrected chi connectivity index (χ1v) is 13.5. The molecule has 1 saturated heterocycles. The average Bonchev–Trinajstić information content (AvgIpc) is 3.41. The number of carboxylic acids is 1. The Bertz CT molecular complexity index is 1030. The Kier molecular flexibility index (Phi) is 13.1. The fourth-order valence-electron chi connectivity index (χ4n) is 4.52. The van der Waals surface area contributed by atoms with Crippen molar-refractivity contribution in [2.75, 3.05) is 19.6 Å². The molecule has 222 valence electrons. The summed E-state index contributed by atoms with van der Waals surface area (Å²) in [5.74, 6) is -2.76. The molecule has 1 aromatic carbocycles. The van der Waals surface area contributed by atoms with Crippen LogP contribution in [0.15, 0.2) is 29.3 Å². The number of amides is 3. The highest BCUT2D eigenvalue weighted by atomic mass is 16.4. The summed E-state index contributed by atoms with van der Waals surface area (Å²) in [6, 6.07) is 2.25. The predicted molar refractivity (Wildman–Crippen MR) is 149 cm³/mol. The van der Waals surface area contributed by atoms with E-state index in [1.54, 1.807) is 12.1 Å². The van der Waals surface area contributed by atoms with Crippen molar-refractivity contribution < 1.29 is 29.4 Å². The molecule has 4 atom stereocenters. The summed E-state index contributed by atoms with van der Waals surface area (Å²) in [5, 5.41) is 24.4. The number of nitrogens with two attached hydrogens (primary N) is 4.